The van der Waals surface area contributed by atoms with Crippen molar-refractivity contribution in [3.8, 4) is 0 Å². The number of H-pyrrole nitrogens is 1. The predicted octanol–water partition coefficient (Wildman–Crippen LogP) is 3.57. The summed E-state index contributed by atoms with van der Waals surface area (Å²) in [4.78, 5) is 19.6. The van der Waals surface area contributed by atoms with Gasteiger partial charge in [0.05, 0.1) is 21.8 Å². The Morgan fingerprint density at radius 3 is 2.88 bits per heavy atom. The SMILES string of the molecule is Cc1nc(NCC2CCCO2)[nH]c(=O)c1Cc1ccc(Cl)c(Cl)c1. The molecule has 3 rings (SSSR count). The summed E-state index contributed by atoms with van der Waals surface area (Å²) in [5.74, 6) is 0.478. The molecule has 1 atom stereocenters. The van der Waals surface area contributed by atoms with Crippen LogP contribution in [0.1, 0.15) is 29.7 Å². The molecule has 2 N–H and O–H groups in total. The number of aryl methyl sites for hydroxylation is 1. The second-order valence-corrected chi connectivity index (χ2v) is 6.73. The van der Waals surface area contributed by atoms with Crippen LogP contribution in [0.5, 0.6) is 0 Å². The van der Waals surface area contributed by atoms with Gasteiger partial charge in [0, 0.05) is 25.1 Å². The molecule has 0 spiro atoms. The van der Waals surface area contributed by atoms with Gasteiger partial charge in [-0.15, -0.1) is 0 Å². The van der Waals surface area contributed by atoms with Crippen LogP contribution in [0.3, 0.4) is 0 Å². The summed E-state index contributed by atoms with van der Waals surface area (Å²) in [5.41, 5.74) is 2.08. The van der Waals surface area contributed by atoms with Crippen molar-refractivity contribution < 1.29 is 4.74 Å². The van der Waals surface area contributed by atoms with Crippen molar-refractivity contribution in [2.75, 3.05) is 18.5 Å². The molecule has 0 saturated carbocycles. The van der Waals surface area contributed by atoms with Gasteiger partial charge < -0.3 is 10.1 Å². The molecule has 0 radical (unpaired) electrons. The van der Waals surface area contributed by atoms with Crippen LogP contribution in [0.25, 0.3) is 0 Å². The number of nitrogens with one attached hydrogen (secondary N) is 2. The Hall–Kier alpha value is -1.56. The minimum Gasteiger partial charge on any atom is -0.376 e. The Morgan fingerprint density at radius 1 is 1.38 bits per heavy atom. The van der Waals surface area contributed by atoms with Crippen molar-refractivity contribution in [2.45, 2.75) is 32.3 Å². The summed E-state index contributed by atoms with van der Waals surface area (Å²) in [6.07, 6.45) is 2.76. The third-order valence-corrected chi connectivity index (χ3v) is 4.85. The van der Waals surface area contributed by atoms with E-state index < -0.39 is 0 Å². The van der Waals surface area contributed by atoms with Crippen molar-refractivity contribution >= 4 is 29.2 Å². The largest absolute Gasteiger partial charge is 0.376 e. The van der Waals surface area contributed by atoms with Crippen LogP contribution >= 0.6 is 23.2 Å². The molecular formula is C17H19Cl2N3O2. The molecule has 2 heterocycles. The Kier molecular flexibility index (Phi) is 5.43. The van der Waals surface area contributed by atoms with E-state index >= 15 is 0 Å². The molecule has 1 aliphatic heterocycles. The molecule has 1 aromatic heterocycles. The summed E-state index contributed by atoms with van der Waals surface area (Å²) in [6.45, 7) is 3.28. The van der Waals surface area contributed by atoms with Crippen molar-refractivity contribution in [1.82, 2.24) is 9.97 Å². The van der Waals surface area contributed by atoms with E-state index in [4.69, 9.17) is 27.9 Å². The number of ether oxygens (including phenoxy) is 1. The van der Waals surface area contributed by atoms with Crippen molar-refractivity contribution in [1.29, 1.82) is 0 Å². The van der Waals surface area contributed by atoms with Gasteiger partial charge in [-0.1, -0.05) is 29.3 Å². The van der Waals surface area contributed by atoms with Crippen molar-refractivity contribution in [3.05, 3.63) is 55.4 Å². The fourth-order valence-corrected chi connectivity index (χ4v) is 3.09. The average molecular weight is 368 g/mol. The van der Waals surface area contributed by atoms with Gasteiger partial charge in [0.2, 0.25) is 5.95 Å². The van der Waals surface area contributed by atoms with E-state index in [9.17, 15) is 4.79 Å². The standard InChI is InChI=1S/C17H19Cl2N3O2/c1-10-13(7-11-4-5-14(18)15(19)8-11)16(23)22-17(21-10)20-9-12-3-2-6-24-12/h4-5,8,12H,2-3,6-7,9H2,1H3,(H2,20,21,22,23). The minimum absolute atomic E-state index is 0.150. The molecule has 0 bridgehead atoms. The summed E-state index contributed by atoms with van der Waals surface area (Å²) in [7, 11) is 0. The van der Waals surface area contributed by atoms with Crippen LogP contribution in [-0.2, 0) is 11.2 Å². The minimum atomic E-state index is -0.150. The molecule has 1 saturated heterocycles. The summed E-state index contributed by atoms with van der Waals surface area (Å²) >= 11 is 12.0. The molecule has 0 amide bonds. The van der Waals surface area contributed by atoms with Gasteiger partial charge in [-0.25, -0.2) is 4.98 Å². The van der Waals surface area contributed by atoms with Crippen LogP contribution in [0.4, 0.5) is 5.95 Å². The number of rotatable bonds is 5. The maximum atomic E-state index is 12.4. The van der Waals surface area contributed by atoms with E-state index in [2.05, 4.69) is 15.3 Å². The lowest BCUT2D eigenvalue weighted by Gasteiger charge is -2.12. The topological polar surface area (TPSA) is 67.0 Å². The number of nitrogens with zero attached hydrogens (tertiary/aromatic N) is 1. The van der Waals surface area contributed by atoms with Gasteiger partial charge in [0.25, 0.3) is 5.56 Å². The zero-order chi connectivity index (χ0) is 17.1. The number of aromatic nitrogens is 2. The van der Waals surface area contributed by atoms with Crippen LogP contribution in [-0.4, -0.2) is 29.2 Å². The molecule has 24 heavy (non-hydrogen) atoms. The molecule has 2 aromatic rings. The second-order valence-electron chi connectivity index (χ2n) is 5.92. The third kappa shape index (κ3) is 4.09. The lowest BCUT2D eigenvalue weighted by molar-refractivity contribution is 0.120. The fraction of sp³-hybridized carbons (Fsp3) is 0.412. The predicted molar refractivity (Wildman–Crippen MR) is 96.3 cm³/mol. The highest BCUT2D eigenvalue weighted by Crippen LogP contribution is 2.23. The maximum absolute atomic E-state index is 12.4. The summed E-state index contributed by atoms with van der Waals surface area (Å²) in [6, 6.07) is 5.36. The number of hydrogen-bond donors (Lipinski definition) is 2. The first-order valence-electron chi connectivity index (χ1n) is 7.92. The number of anilines is 1. The fourth-order valence-electron chi connectivity index (χ4n) is 2.77. The Morgan fingerprint density at radius 2 is 2.21 bits per heavy atom. The van der Waals surface area contributed by atoms with Crippen LogP contribution in [0.15, 0.2) is 23.0 Å². The lowest BCUT2D eigenvalue weighted by atomic mass is 10.1. The van der Waals surface area contributed by atoms with Crippen LogP contribution in [0, 0.1) is 6.92 Å². The molecule has 128 valence electrons. The van der Waals surface area contributed by atoms with Gasteiger partial charge in [-0.05, 0) is 37.5 Å². The second kappa shape index (κ2) is 7.55. The Balaban J connectivity index is 1.74. The smallest absolute Gasteiger partial charge is 0.256 e. The van der Waals surface area contributed by atoms with Crippen LogP contribution in [0.2, 0.25) is 10.0 Å². The number of benzene rings is 1. The van der Waals surface area contributed by atoms with Gasteiger partial charge in [-0.3, -0.25) is 9.78 Å². The first-order chi connectivity index (χ1) is 11.5. The zero-order valence-electron chi connectivity index (χ0n) is 13.4. The normalized spacial score (nSPS) is 17.2. The third-order valence-electron chi connectivity index (χ3n) is 4.11. The first kappa shape index (κ1) is 17.3. The quantitative estimate of drug-likeness (QED) is 0.847. The van der Waals surface area contributed by atoms with E-state index in [1.807, 2.05) is 13.0 Å². The molecule has 1 aliphatic rings. The molecule has 5 nitrogen and oxygen atoms in total. The maximum Gasteiger partial charge on any atom is 0.256 e. The van der Waals surface area contributed by atoms with E-state index in [0.717, 1.165) is 25.0 Å². The monoisotopic (exact) mass is 367 g/mol. The van der Waals surface area contributed by atoms with Crippen molar-refractivity contribution in [2.24, 2.45) is 0 Å². The molecule has 1 fully saturated rings. The van der Waals surface area contributed by atoms with Gasteiger partial charge >= 0.3 is 0 Å². The lowest BCUT2D eigenvalue weighted by Crippen LogP contribution is -2.24. The summed E-state index contributed by atoms with van der Waals surface area (Å²) < 4.78 is 5.55. The molecule has 1 aromatic carbocycles. The summed E-state index contributed by atoms with van der Waals surface area (Å²) in [5, 5.41) is 4.12. The van der Waals surface area contributed by atoms with E-state index in [0.29, 0.717) is 40.2 Å². The van der Waals surface area contributed by atoms with Crippen LogP contribution < -0.4 is 10.9 Å². The Bertz CT molecular complexity index is 786. The molecule has 7 heteroatoms. The first-order valence-corrected chi connectivity index (χ1v) is 8.67. The van der Waals surface area contributed by atoms with Gasteiger partial charge in [0.15, 0.2) is 0 Å². The highest BCUT2D eigenvalue weighted by molar-refractivity contribution is 6.42. The number of halogens is 2. The molecular weight excluding hydrogens is 349 g/mol. The average Bonchev–Trinajstić information content (AvgIpc) is 3.06. The molecule has 0 aliphatic carbocycles. The zero-order valence-corrected chi connectivity index (χ0v) is 14.9. The van der Waals surface area contributed by atoms with E-state index in [1.54, 1.807) is 12.1 Å². The highest BCUT2D eigenvalue weighted by atomic mass is 35.5. The van der Waals surface area contributed by atoms with E-state index in [-0.39, 0.29) is 11.7 Å². The number of aromatic amines is 1. The highest BCUT2D eigenvalue weighted by Gasteiger charge is 2.16. The van der Waals surface area contributed by atoms with Crippen molar-refractivity contribution in [3.63, 3.8) is 0 Å². The molecule has 1 unspecified atom stereocenters. The number of hydrogen-bond acceptors (Lipinski definition) is 4. The van der Waals surface area contributed by atoms with E-state index in [1.165, 1.54) is 0 Å². The van der Waals surface area contributed by atoms with Gasteiger partial charge in [-0.2, -0.15) is 0 Å². The van der Waals surface area contributed by atoms with Gasteiger partial charge in [0.1, 0.15) is 0 Å². The Labute approximate surface area is 150 Å².